The third-order valence-corrected chi connectivity index (χ3v) is 4.93. The molecule has 25 heavy (non-hydrogen) atoms. The van der Waals surface area contributed by atoms with E-state index in [0.29, 0.717) is 12.3 Å². The van der Waals surface area contributed by atoms with Gasteiger partial charge in [0.2, 0.25) is 0 Å². The summed E-state index contributed by atoms with van der Waals surface area (Å²) in [5.74, 6) is 0.797. The fraction of sp³-hybridized carbons (Fsp3) is 0.316. The van der Waals surface area contributed by atoms with E-state index in [-0.39, 0.29) is 4.90 Å². The number of sulfonamides is 1. The van der Waals surface area contributed by atoms with Crippen molar-refractivity contribution in [1.29, 1.82) is 0 Å². The molecule has 0 saturated heterocycles. The minimum atomic E-state index is -3.67. The van der Waals surface area contributed by atoms with Crippen LogP contribution < -0.4 is 9.57 Å². The Morgan fingerprint density at radius 3 is 2.32 bits per heavy atom. The Hall–Kier alpha value is -2.34. The van der Waals surface area contributed by atoms with E-state index in [2.05, 4.69) is 16.9 Å². The van der Waals surface area contributed by atoms with E-state index in [9.17, 15) is 8.42 Å². The third-order valence-electron chi connectivity index (χ3n) is 3.70. The van der Waals surface area contributed by atoms with Gasteiger partial charge in [0.25, 0.3) is 10.0 Å². The van der Waals surface area contributed by atoms with Gasteiger partial charge in [-0.2, -0.15) is 18.4 Å². The van der Waals surface area contributed by atoms with Crippen molar-refractivity contribution in [2.24, 2.45) is 5.10 Å². The van der Waals surface area contributed by atoms with Crippen molar-refractivity contribution in [1.82, 2.24) is 4.83 Å². The summed E-state index contributed by atoms with van der Waals surface area (Å²) in [6.45, 7) is 6.47. The topological polar surface area (TPSA) is 67.8 Å². The van der Waals surface area contributed by atoms with E-state index in [1.165, 1.54) is 0 Å². The highest BCUT2D eigenvalue weighted by Gasteiger charge is 2.12. The molecule has 0 spiro atoms. The maximum absolute atomic E-state index is 12.2. The number of hydrogen-bond donors (Lipinski definition) is 1. The van der Waals surface area contributed by atoms with Crippen molar-refractivity contribution < 1.29 is 13.2 Å². The highest BCUT2D eigenvalue weighted by molar-refractivity contribution is 7.89. The predicted octanol–water partition coefficient (Wildman–Crippen LogP) is 3.88. The van der Waals surface area contributed by atoms with Gasteiger partial charge in [0.15, 0.2) is 0 Å². The lowest BCUT2D eigenvalue weighted by atomic mass is 10.1. The van der Waals surface area contributed by atoms with Gasteiger partial charge in [0.05, 0.1) is 17.2 Å². The van der Waals surface area contributed by atoms with Gasteiger partial charge in [-0.15, -0.1) is 0 Å². The zero-order valence-electron chi connectivity index (χ0n) is 14.8. The molecule has 1 N–H and O–H groups in total. The number of benzene rings is 2. The number of unbranched alkanes of at least 4 members (excludes halogenated alkanes) is 1. The van der Waals surface area contributed by atoms with Crippen LogP contribution in [0.5, 0.6) is 5.75 Å². The third kappa shape index (κ3) is 5.60. The van der Waals surface area contributed by atoms with Gasteiger partial charge >= 0.3 is 0 Å². The van der Waals surface area contributed by atoms with Crippen LogP contribution >= 0.6 is 0 Å². The van der Waals surface area contributed by atoms with Crippen LogP contribution in [0.4, 0.5) is 0 Å². The number of nitrogens with zero attached hydrogens (tertiary/aromatic N) is 1. The molecule has 0 saturated carbocycles. The summed E-state index contributed by atoms with van der Waals surface area (Å²) in [6.07, 6.45) is 2.11. The molecule has 2 aromatic carbocycles. The van der Waals surface area contributed by atoms with Crippen molar-refractivity contribution >= 4 is 15.7 Å². The molecule has 5 nitrogen and oxygen atoms in total. The van der Waals surface area contributed by atoms with Crippen LogP contribution in [0, 0.1) is 6.92 Å². The fourth-order valence-corrected chi connectivity index (χ4v) is 2.95. The smallest absolute Gasteiger partial charge is 0.276 e. The lowest BCUT2D eigenvalue weighted by Crippen LogP contribution is -2.19. The Kier molecular flexibility index (Phi) is 6.58. The average Bonchev–Trinajstić information content (AvgIpc) is 2.61. The summed E-state index contributed by atoms with van der Waals surface area (Å²) in [7, 11) is -3.67. The molecule has 0 heterocycles. The molecule has 0 aromatic heterocycles. The number of rotatable bonds is 8. The molecule has 134 valence electrons. The molecule has 0 aliphatic heterocycles. The van der Waals surface area contributed by atoms with Crippen molar-refractivity contribution in [3.63, 3.8) is 0 Å². The first-order valence-electron chi connectivity index (χ1n) is 8.28. The van der Waals surface area contributed by atoms with Crippen LogP contribution in [-0.2, 0) is 10.0 Å². The first kappa shape index (κ1) is 19.0. The minimum Gasteiger partial charge on any atom is -0.494 e. The number of nitrogens with one attached hydrogen (secondary N) is 1. The van der Waals surface area contributed by atoms with E-state index in [4.69, 9.17) is 4.74 Å². The molecule has 0 aliphatic carbocycles. The summed E-state index contributed by atoms with van der Waals surface area (Å²) in [5, 5.41) is 4.01. The largest absolute Gasteiger partial charge is 0.494 e. The Morgan fingerprint density at radius 2 is 1.72 bits per heavy atom. The summed E-state index contributed by atoms with van der Waals surface area (Å²) >= 11 is 0. The minimum absolute atomic E-state index is 0.189. The van der Waals surface area contributed by atoms with Gasteiger partial charge in [0, 0.05) is 0 Å². The van der Waals surface area contributed by atoms with Gasteiger partial charge in [-0.3, -0.25) is 0 Å². The second-order valence-electron chi connectivity index (χ2n) is 5.83. The van der Waals surface area contributed by atoms with Crippen LogP contribution in [-0.4, -0.2) is 20.7 Å². The zero-order valence-corrected chi connectivity index (χ0v) is 15.6. The van der Waals surface area contributed by atoms with Crippen LogP contribution in [0.2, 0.25) is 0 Å². The first-order chi connectivity index (χ1) is 11.9. The van der Waals surface area contributed by atoms with Gasteiger partial charge in [0.1, 0.15) is 5.75 Å². The van der Waals surface area contributed by atoms with E-state index in [1.807, 2.05) is 31.2 Å². The Bertz CT molecular complexity index is 811. The van der Waals surface area contributed by atoms with Gasteiger partial charge in [-0.25, -0.2) is 0 Å². The molecule has 0 unspecified atom stereocenters. The average molecular weight is 360 g/mol. The SMILES string of the molecule is CCCCOc1ccc(C(C)=NNS(=O)(=O)c2ccc(C)cc2)cc1. The first-order valence-corrected chi connectivity index (χ1v) is 9.76. The standard InChI is InChI=1S/C19H24N2O3S/c1-4-5-14-24-18-10-8-17(9-11-18)16(3)20-21-25(22,23)19-12-6-15(2)7-13-19/h6-13,21H,4-5,14H2,1-3H3. The monoisotopic (exact) mass is 360 g/mol. The van der Waals surface area contributed by atoms with Crippen LogP contribution in [0.25, 0.3) is 0 Å². The van der Waals surface area contributed by atoms with Crippen LogP contribution in [0.15, 0.2) is 58.5 Å². The van der Waals surface area contributed by atoms with Crippen molar-refractivity contribution in [3.8, 4) is 5.75 Å². The molecule has 0 atom stereocenters. The summed E-state index contributed by atoms with van der Waals surface area (Å²) in [6, 6.07) is 14.1. The molecule has 0 bridgehead atoms. The summed E-state index contributed by atoms with van der Waals surface area (Å²) in [4.78, 5) is 2.47. The van der Waals surface area contributed by atoms with Crippen molar-refractivity contribution in [2.45, 2.75) is 38.5 Å². The van der Waals surface area contributed by atoms with E-state index < -0.39 is 10.0 Å². The molecule has 0 fully saturated rings. The maximum atomic E-state index is 12.2. The molecule has 2 aromatic rings. The Morgan fingerprint density at radius 1 is 1.08 bits per heavy atom. The normalized spacial score (nSPS) is 12.0. The lowest BCUT2D eigenvalue weighted by molar-refractivity contribution is 0.309. The van der Waals surface area contributed by atoms with Crippen molar-refractivity contribution in [2.75, 3.05) is 6.61 Å². The van der Waals surface area contributed by atoms with E-state index in [1.54, 1.807) is 31.2 Å². The number of ether oxygens (including phenoxy) is 1. The maximum Gasteiger partial charge on any atom is 0.276 e. The molecule has 2 rings (SSSR count). The number of hydrazone groups is 1. The molecule has 0 amide bonds. The van der Waals surface area contributed by atoms with Gasteiger partial charge < -0.3 is 4.74 Å². The lowest BCUT2D eigenvalue weighted by Gasteiger charge is -2.08. The second kappa shape index (κ2) is 8.67. The summed E-state index contributed by atoms with van der Waals surface area (Å²) in [5.41, 5.74) is 2.41. The highest BCUT2D eigenvalue weighted by Crippen LogP contribution is 2.14. The van der Waals surface area contributed by atoms with E-state index >= 15 is 0 Å². The predicted molar refractivity (Wildman–Crippen MR) is 101 cm³/mol. The molecular weight excluding hydrogens is 336 g/mol. The highest BCUT2D eigenvalue weighted by atomic mass is 32.2. The molecule has 0 aliphatic rings. The van der Waals surface area contributed by atoms with Crippen molar-refractivity contribution in [3.05, 3.63) is 59.7 Å². The molecular formula is C19H24N2O3S. The molecule has 6 heteroatoms. The second-order valence-corrected chi connectivity index (χ2v) is 7.49. The summed E-state index contributed by atoms with van der Waals surface area (Å²) < 4.78 is 30.1. The van der Waals surface area contributed by atoms with Gasteiger partial charge in [-0.05, 0) is 62.2 Å². The zero-order chi connectivity index (χ0) is 18.3. The fourth-order valence-electron chi connectivity index (χ4n) is 2.09. The van der Waals surface area contributed by atoms with E-state index in [0.717, 1.165) is 29.7 Å². The number of hydrogen-bond acceptors (Lipinski definition) is 4. The Labute approximate surface area is 149 Å². The Balaban J connectivity index is 2.04. The quantitative estimate of drug-likeness (QED) is 0.441. The number of aryl methyl sites for hydroxylation is 1. The molecule has 0 radical (unpaired) electrons. The van der Waals surface area contributed by atoms with Crippen LogP contribution in [0.1, 0.15) is 37.8 Å². The van der Waals surface area contributed by atoms with Crippen LogP contribution in [0.3, 0.4) is 0 Å². The van der Waals surface area contributed by atoms with Gasteiger partial charge in [-0.1, -0.05) is 31.0 Å².